The summed E-state index contributed by atoms with van der Waals surface area (Å²) in [5, 5.41) is 5.76. The highest BCUT2D eigenvalue weighted by atomic mass is 31.0. The van der Waals surface area contributed by atoms with E-state index in [1.807, 2.05) is 31.1 Å². The monoisotopic (exact) mass is 358 g/mol. The molecule has 4 heteroatoms. The first kappa shape index (κ1) is 16.9. The quantitative estimate of drug-likeness (QED) is 0.360. The Morgan fingerprint density at radius 1 is 0.692 bits per heavy atom. The molecule has 4 rings (SSSR count). The summed E-state index contributed by atoms with van der Waals surface area (Å²) < 4.78 is 12.2. The van der Waals surface area contributed by atoms with E-state index in [4.69, 9.17) is 9.31 Å². The molecule has 128 valence electrons. The molecule has 0 fully saturated rings. The molecule has 4 aromatic carbocycles. The SMILES string of the molecule is CB(Oc1cc2ccccc2cc1C)Oc1cc2ccccc2cc1P. The Labute approximate surface area is 156 Å². The lowest BCUT2D eigenvalue weighted by Gasteiger charge is -2.17. The lowest BCUT2D eigenvalue weighted by atomic mass is 9.94. The highest BCUT2D eigenvalue weighted by molar-refractivity contribution is 7.27. The van der Waals surface area contributed by atoms with Crippen molar-refractivity contribution in [3.63, 3.8) is 0 Å². The lowest BCUT2D eigenvalue weighted by Crippen LogP contribution is -2.27. The topological polar surface area (TPSA) is 18.5 Å². The molecule has 0 aromatic heterocycles. The number of hydrogen-bond acceptors (Lipinski definition) is 2. The minimum absolute atomic E-state index is 0.393. The maximum atomic E-state index is 6.09. The molecule has 0 aliphatic rings. The fourth-order valence-electron chi connectivity index (χ4n) is 3.18. The van der Waals surface area contributed by atoms with Gasteiger partial charge in [-0.3, -0.25) is 0 Å². The Balaban J connectivity index is 1.58. The second-order valence-corrected chi connectivity index (χ2v) is 7.13. The number of benzene rings is 4. The van der Waals surface area contributed by atoms with Crippen LogP contribution in [0.15, 0.2) is 72.8 Å². The van der Waals surface area contributed by atoms with Crippen LogP contribution in [0.5, 0.6) is 11.5 Å². The Morgan fingerprint density at radius 3 is 1.77 bits per heavy atom. The van der Waals surface area contributed by atoms with Crippen LogP contribution in [0.1, 0.15) is 5.56 Å². The summed E-state index contributed by atoms with van der Waals surface area (Å²) in [6.45, 7) is 3.99. The van der Waals surface area contributed by atoms with Crippen molar-refractivity contribution in [1.29, 1.82) is 0 Å². The van der Waals surface area contributed by atoms with Gasteiger partial charge in [0.1, 0.15) is 11.5 Å². The van der Waals surface area contributed by atoms with Crippen LogP contribution in [0, 0.1) is 6.92 Å². The molecule has 0 spiro atoms. The van der Waals surface area contributed by atoms with Gasteiger partial charge in [-0.2, -0.15) is 0 Å². The molecule has 1 atom stereocenters. The van der Waals surface area contributed by atoms with Crippen LogP contribution >= 0.6 is 9.24 Å². The van der Waals surface area contributed by atoms with Gasteiger partial charge in [-0.1, -0.05) is 48.5 Å². The van der Waals surface area contributed by atoms with E-state index in [9.17, 15) is 0 Å². The van der Waals surface area contributed by atoms with Crippen LogP contribution in [-0.4, -0.2) is 7.12 Å². The number of aryl methyl sites for hydroxylation is 1. The molecule has 26 heavy (non-hydrogen) atoms. The molecule has 1 unspecified atom stereocenters. The van der Waals surface area contributed by atoms with E-state index < -0.39 is 7.12 Å². The van der Waals surface area contributed by atoms with Gasteiger partial charge in [-0.15, -0.1) is 9.24 Å². The summed E-state index contributed by atoms with van der Waals surface area (Å²) in [4.78, 5) is 0. The van der Waals surface area contributed by atoms with Gasteiger partial charge in [-0.05, 0) is 65.1 Å². The van der Waals surface area contributed by atoms with Crippen molar-refractivity contribution in [3.8, 4) is 11.5 Å². The van der Waals surface area contributed by atoms with Crippen LogP contribution in [-0.2, 0) is 0 Å². The Kier molecular flexibility index (Phi) is 4.57. The zero-order valence-corrected chi connectivity index (χ0v) is 16.1. The fraction of sp³-hybridized carbons (Fsp3) is 0.0909. The summed E-state index contributed by atoms with van der Waals surface area (Å²) in [7, 11) is 2.35. The largest absolute Gasteiger partial charge is 0.591 e. The number of rotatable bonds is 4. The van der Waals surface area contributed by atoms with Gasteiger partial charge in [0.05, 0.1) is 0 Å². The van der Waals surface area contributed by atoms with E-state index >= 15 is 0 Å². The Morgan fingerprint density at radius 2 is 1.15 bits per heavy atom. The second kappa shape index (κ2) is 7.01. The summed E-state index contributed by atoms with van der Waals surface area (Å²) in [5.41, 5.74) is 1.10. The first-order chi connectivity index (χ1) is 12.6. The third-order valence-corrected chi connectivity index (χ3v) is 4.96. The van der Waals surface area contributed by atoms with Crippen molar-refractivity contribution >= 4 is 43.2 Å². The van der Waals surface area contributed by atoms with Crippen molar-refractivity contribution in [3.05, 3.63) is 78.4 Å². The predicted octanol–water partition coefficient (Wildman–Crippen LogP) is 5.38. The maximum Gasteiger partial charge on any atom is 0.591 e. The van der Waals surface area contributed by atoms with Crippen LogP contribution in [0.25, 0.3) is 21.5 Å². The summed E-state index contributed by atoms with van der Waals surface area (Å²) in [5.74, 6) is 1.67. The third-order valence-electron chi connectivity index (χ3n) is 4.51. The van der Waals surface area contributed by atoms with Crippen LogP contribution < -0.4 is 14.6 Å². The van der Waals surface area contributed by atoms with E-state index in [0.717, 1.165) is 33.1 Å². The van der Waals surface area contributed by atoms with Crippen molar-refractivity contribution in [2.75, 3.05) is 0 Å². The van der Waals surface area contributed by atoms with Gasteiger partial charge in [-0.25, -0.2) is 0 Å². The Bertz CT molecular complexity index is 1010. The van der Waals surface area contributed by atoms with Gasteiger partial charge in [0, 0.05) is 5.30 Å². The van der Waals surface area contributed by atoms with Crippen molar-refractivity contribution < 1.29 is 9.31 Å². The van der Waals surface area contributed by atoms with Gasteiger partial charge in [0.25, 0.3) is 0 Å². The van der Waals surface area contributed by atoms with Crippen LogP contribution in [0.4, 0.5) is 0 Å². The molecule has 0 N–H and O–H groups in total. The normalized spacial score (nSPS) is 10.9. The zero-order chi connectivity index (χ0) is 18.1. The van der Waals surface area contributed by atoms with E-state index in [2.05, 4.69) is 64.7 Å². The predicted molar refractivity (Wildman–Crippen MR) is 115 cm³/mol. The van der Waals surface area contributed by atoms with Gasteiger partial charge in [0.2, 0.25) is 0 Å². The average Bonchev–Trinajstić information content (AvgIpc) is 2.63. The smallest absolute Gasteiger partial charge is 0.526 e. The molecule has 2 nitrogen and oxygen atoms in total. The zero-order valence-electron chi connectivity index (χ0n) is 14.9. The molecule has 0 amide bonds. The van der Waals surface area contributed by atoms with E-state index in [1.54, 1.807) is 0 Å². The van der Waals surface area contributed by atoms with E-state index in [1.165, 1.54) is 10.8 Å². The highest BCUT2D eigenvalue weighted by Gasteiger charge is 2.18. The first-order valence-corrected chi connectivity index (χ1v) is 9.29. The lowest BCUT2D eigenvalue weighted by molar-refractivity contribution is 0.432. The number of hydrogen-bond donors (Lipinski definition) is 0. The highest BCUT2D eigenvalue weighted by Crippen LogP contribution is 2.27. The molecule has 0 aliphatic heterocycles. The van der Waals surface area contributed by atoms with Gasteiger partial charge in [0.15, 0.2) is 0 Å². The fourth-order valence-corrected chi connectivity index (χ4v) is 3.51. The molecule has 4 aromatic rings. The standard InChI is InChI=1S/C22H20BO2P/c1-15-11-16-7-3-4-8-17(16)12-20(15)24-23(2)25-21-13-18-9-5-6-10-19(18)14-22(21)26/h3-14H,26H2,1-2H3. The second-order valence-electron chi connectivity index (χ2n) is 6.51. The molecule has 0 bridgehead atoms. The first-order valence-electron chi connectivity index (χ1n) is 8.71. The van der Waals surface area contributed by atoms with E-state index in [-0.39, 0.29) is 0 Å². The Hall–Kier alpha value is -2.51. The van der Waals surface area contributed by atoms with Crippen LogP contribution in [0.3, 0.4) is 0 Å². The van der Waals surface area contributed by atoms with Gasteiger partial charge >= 0.3 is 7.12 Å². The molecule has 0 saturated carbocycles. The minimum Gasteiger partial charge on any atom is -0.526 e. The maximum absolute atomic E-state index is 6.09. The van der Waals surface area contributed by atoms with Crippen LogP contribution in [0.2, 0.25) is 6.82 Å². The van der Waals surface area contributed by atoms with Crippen molar-refractivity contribution in [2.45, 2.75) is 13.7 Å². The molecule has 0 heterocycles. The summed E-state index contributed by atoms with van der Waals surface area (Å²) in [6.07, 6.45) is 0. The van der Waals surface area contributed by atoms with Crippen molar-refractivity contribution in [2.24, 2.45) is 0 Å². The molecular weight excluding hydrogens is 338 g/mol. The summed E-state index contributed by atoms with van der Waals surface area (Å²) >= 11 is 0. The molecule has 0 aliphatic carbocycles. The molecule has 0 radical (unpaired) electrons. The third kappa shape index (κ3) is 3.40. The summed E-state index contributed by atoms with van der Waals surface area (Å²) in [6, 6.07) is 25.0. The van der Waals surface area contributed by atoms with E-state index in [0.29, 0.717) is 0 Å². The molecular formula is C22H20BO2P. The molecule has 0 saturated heterocycles. The van der Waals surface area contributed by atoms with Gasteiger partial charge < -0.3 is 9.31 Å². The number of fused-ring (bicyclic) bond motifs is 2. The average molecular weight is 358 g/mol. The van der Waals surface area contributed by atoms with Crippen molar-refractivity contribution in [1.82, 2.24) is 0 Å². The minimum atomic E-state index is -0.393.